The average Bonchev–Trinajstić information content (AvgIpc) is 3.42. The third-order valence-electron chi connectivity index (χ3n) is 7.35. The second kappa shape index (κ2) is 11.7. The second-order valence-corrected chi connectivity index (χ2v) is 10.7. The number of benzene rings is 3. The molecule has 9 nitrogen and oxygen atoms in total. The van der Waals surface area contributed by atoms with Gasteiger partial charge >= 0.3 is 0 Å². The Labute approximate surface area is 240 Å². The molecule has 6 rings (SSSR count). The summed E-state index contributed by atoms with van der Waals surface area (Å²) < 4.78 is 40.4. The number of aromatic nitrogens is 5. The first-order valence-corrected chi connectivity index (χ1v) is 13.8. The number of pyridine rings is 1. The number of nitrogens with one attached hydrogen (secondary N) is 1. The minimum absolute atomic E-state index is 0.0283. The lowest BCUT2D eigenvalue weighted by Gasteiger charge is -2.33. The Kier molecular flexibility index (Phi) is 7.66. The lowest BCUT2D eigenvalue weighted by atomic mass is 9.99. The van der Waals surface area contributed by atoms with E-state index in [9.17, 15) is 13.6 Å². The van der Waals surface area contributed by atoms with Gasteiger partial charge in [-0.25, -0.2) is 13.5 Å². The standard InChI is InChI=1S/C31H30F2N6O3/c1-19(2)29(30-35-36-37-39(30)17-21-5-9-25(33)10-6-21)38(16-20-3-7-24(32)8-4-20)18-23-13-22-14-27-28(42-12-11-41-27)15-26(22)34-31(23)40/h3-10,13-15,19,29H,11-12,16-18H2,1-2H3,(H,34,40)/t29-/m1/s1. The summed E-state index contributed by atoms with van der Waals surface area (Å²) in [6.07, 6.45) is 0. The van der Waals surface area contributed by atoms with Gasteiger partial charge in [0.05, 0.1) is 18.1 Å². The molecular weight excluding hydrogens is 542 g/mol. The Bertz CT molecular complexity index is 1750. The van der Waals surface area contributed by atoms with Crippen LogP contribution >= 0.6 is 0 Å². The van der Waals surface area contributed by atoms with E-state index in [1.54, 1.807) is 35.0 Å². The quantitative estimate of drug-likeness (QED) is 0.265. The van der Waals surface area contributed by atoms with Crippen LogP contribution in [0.1, 0.15) is 42.4 Å². The van der Waals surface area contributed by atoms with Crippen molar-refractivity contribution in [2.45, 2.75) is 39.5 Å². The number of nitrogens with zero attached hydrogens (tertiary/aromatic N) is 5. The van der Waals surface area contributed by atoms with Gasteiger partial charge in [0, 0.05) is 30.1 Å². The summed E-state index contributed by atoms with van der Waals surface area (Å²) in [4.78, 5) is 18.5. The maximum atomic E-state index is 13.8. The van der Waals surface area contributed by atoms with Gasteiger partial charge in [0.25, 0.3) is 5.56 Å². The molecule has 0 bridgehead atoms. The lowest BCUT2D eigenvalue weighted by Crippen LogP contribution is -2.35. The number of tetrazole rings is 1. The highest BCUT2D eigenvalue weighted by molar-refractivity contribution is 5.83. The number of H-pyrrole nitrogens is 1. The van der Waals surface area contributed by atoms with E-state index in [2.05, 4.69) is 39.3 Å². The maximum absolute atomic E-state index is 13.8. The minimum Gasteiger partial charge on any atom is -0.486 e. The van der Waals surface area contributed by atoms with Crippen LogP contribution in [0.3, 0.4) is 0 Å². The molecule has 0 unspecified atom stereocenters. The minimum atomic E-state index is -0.325. The molecule has 1 aliphatic heterocycles. The van der Waals surface area contributed by atoms with E-state index in [4.69, 9.17) is 9.47 Å². The Hall–Kier alpha value is -4.64. The third kappa shape index (κ3) is 5.87. The number of aromatic amines is 1. The van der Waals surface area contributed by atoms with Crippen LogP contribution in [0, 0.1) is 17.6 Å². The fraction of sp³-hybridized carbons (Fsp3) is 0.290. The maximum Gasteiger partial charge on any atom is 0.252 e. The van der Waals surface area contributed by atoms with Crippen molar-refractivity contribution >= 4 is 10.9 Å². The van der Waals surface area contributed by atoms with Crippen LogP contribution in [0.4, 0.5) is 8.78 Å². The summed E-state index contributed by atoms with van der Waals surface area (Å²) in [5.41, 5.74) is 2.69. The zero-order valence-corrected chi connectivity index (χ0v) is 23.3. The molecule has 3 aromatic carbocycles. The summed E-state index contributed by atoms with van der Waals surface area (Å²) in [6.45, 7) is 6.06. The summed E-state index contributed by atoms with van der Waals surface area (Å²) in [5, 5.41) is 13.4. The Balaban J connectivity index is 1.39. The first-order valence-electron chi connectivity index (χ1n) is 13.8. The highest BCUT2D eigenvalue weighted by atomic mass is 19.1. The smallest absolute Gasteiger partial charge is 0.252 e. The largest absolute Gasteiger partial charge is 0.486 e. The van der Waals surface area contributed by atoms with Crippen molar-refractivity contribution in [3.8, 4) is 11.5 Å². The molecule has 11 heteroatoms. The molecule has 42 heavy (non-hydrogen) atoms. The lowest BCUT2D eigenvalue weighted by molar-refractivity contribution is 0.126. The van der Waals surface area contributed by atoms with Gasteiger partial charge in [-0.15, -0.1) is 5.10 Å². The first-order chi connectivity index (χ1) is 20.3. The number of rotatable bonds is 9. The number of hydrogen-bond donors (Lipinski definition) is 1. The van der Waals surface area contributed by atoms with Crippen LogP contribution in [0.15, 0.2) is 71.5 Å². The number of hydrogen-bond acceptors (Lipinski definition) is 7. The Morgan fingerprint density at radius 3 is 2.21 bits per heavy atom. The van der Waals surface area contributed by atoms with Gasteiger partial charge in [-0.2, -0.15) is 0 Å². The van der Waals surface area contributed by atoms with E-state index < -0.39 is 0 Å². The predicted octanol–water partition coefficient (Wildman–Crippen LogP) is 5.01. The zero-order chi connectivity index (χ0) is 29.2. The molecule has 0 saturated heterocycles. The van der Waals surface area contributed by atoms with E-state index in [0.717, 1.165) is 16.5 Å². The molecule has 3 heterocycles. The van der Waals surface area contributed by atoms with Crippen molar-refractivity contribution in [1.29, 1.82) is 0 Å². The molecule has 0 saturated carbocycles. The summed E-state index contributed by atoms with van der Waals surface area (Å²) in [5.74, 6) is 1.22. The van der Waals surface area contributed by atoms with Gasteiger partial charge in [-0.05, 0) is 63.9 Å². The van der Waals surface area contributed by atoms with E-state index in [0.29, 0.717) is 54.7 Å². The Morgan fingerprint density at radius 1 is 0.905 bits per heavy atom. The molecule has 1 aliphatic rings. The molecule has 0 fully saturated rings. The van der Waals surface area contributed by atoms with Crippen LogP contribution in [-0.4, -0.2) is 43.3 Å². The topological polar surface area (TPSA) is 98.2 Å². The van der Waals surface area contributed by atoms with Crippen LogP contribution in [0.2, 0.25) is 0 Å². The van der Waals surface area contributed by atoms with Crippen molar-refractivity contribution in [1.82, 2.24) is 30.1 Å². The van der Waals surface area contributed by atoms with E-state index in [1.165, 1.54) is 24.3 Å². The fourth-order valence-electron chi connectivity index (χ4n) is 5.38. The number of fused-ring (bicyclic) bond motifs is 2. The molecule has 0 amide bonds. The van der Waals surface area contributed by atoms with Crippen molar-refractivity contribution < 1.29 is 18.3 Å². The van der Waals surface area contributed by atoms with Gasteiger partial charge in [-0.3, -0.25) is 9.69 Å². The van der Waals surface area contributed by atoms with Gasteiger partial charge in [-0.1, -0.05) is 38.1 Å². The van der Waals surface area contributed by atoms with Crippen molar-refractivity contribution in [2.75, 3.05) is 13.2 Å². The fourth-order valence-corrected chi connectivity index (χ4v) is 5.38. The molecule has 0 radical (unpaired) electrons. The third-order valence-corrected chi connectivity index (χ3v) is 7.35. The number of ether oxygens (including phenoxy) is 2. The summed E-state index contributed by atoms with van der Waals surface area (Å²) in [6, 6.07) is 17.7. The highest BCUT2D eigenvalue weighted by Crippen LogP contribution is 2.35. The van der Waals surface area contributed by atoms with Crippen molar-refractivity contribution in [3.05, 3.63) is 111 Å². The van der Waals surface area contributed by atoms with Crippen LogP contribution in [0.25, 0.3) is 10.9 Å². The van der Waals surface area contributed by atoms with Gasteiger partial charge < -0.3 is 14.5 Å². The second-order valence-electron chi connectivity index (χ2n) is 10.7. The highest BCUT2D eigenvalue weighted by Gasteiger charge is 2.30. The summed E-state index contributed by atoms with van der Waals surface area (Å²) >= 11 is 0. The van der Waals surface area contributed by atoms with Crippen LogP contribution in [-0.2, 0) is 19.6 Å². The van der Waals surface area contributed by atoms with Gasteiger partial charge in [0.1, 0.15) is 24.8 Å². The average molecular weight is 573 g/mol. The molecule has 0 aliphatic carbocycles. The molecular formula is C31H30F2N6O3. The normalized spacial score (nSPS) is 13.7. The van der Waals surface area contributed by atoms with E-state index >= 15 is 0 Å². The van der Waals surface area contributed by atoms with Crippen LogP contribution < -0.4 is 15.0 Å². The van der Waals surface area contributed by atoms with Gasteiger partial charge in [0.15, 0.2) is 17.3 Å². The summed E-state index contributed by atoms with van der Waals surface area (Å²) in [7, 11) is 0. The molecule has 5 aromatic rings. The van der Waals surface area contributed by atoms with E-state index in [-0.39, 0.29) is 35.7 Å². The molecule has 2 aromatic heterocycles. The SMILES string of the molecule is CC(C)[C@H](c1nnnn1Cc1ccc(F)cc1)N(Cc1ccc(F)cc1)Cc1cc2cc3c(cc2[nH]c1=O)OCCO3. The Morgan fingerprint density at radius 2 is 1.55 bits per heavy atom. The number of halogens is 2. The first kappa shape index (κ1) is 27.5. The zero-order valence-electron chi connectivity index (χ0n) is 23.3. The molecule has 1 N–H and O–H groups in total. The van der Waals surface area contributed by atoms with E-state index in [1.807, 2.05) is 12.1 Å². The molecule has 216 valence electrons. The van der Waals surface area contributed by atoms with Gasteiger partial charge in [0.2, 0.25) is 0 Å². The van der Waals surface area contributed by atoms with Crippen molar-refractivity contribution in [3.63, 3.8) is 0 Å². The van der Waals surface area contributed by atoms with Crippen molar-refractivity contribution in [2.24, 2.45) is 5.92 Å². The monoisotopic (exact) mass is 572 g/mol. The molecule has 0 spiro atoms. The van der Waals surface area contributed by atoms with Crippen LogP contribution in [0.5, 0.6) is 11.5 Å². The predicted molar refractivity (Wildman–Crippen MR) is 152 cm³/mol. The molecule has 1 atom stereocenters.